The molecule has 6 nitrogen and oxygen atoms in total. The normalized spacial score (nSPS) is 12.0. The molecule has 19 rings (SSSR count). The molecule has 0 amide bonds. The second-order valence-electron chi connectivity index (χ2n) is 37.1. The van der Waals surface area contributed by atoms with Gasteiger partial charge in [-0.15, -0.1) is 0 Å². The molecule has 6 aromatic heterocycles. The number of benzene rings is 13. The van der Waals surface area contributed by atoms with E-state index in [-0.39, 0.29) is 21.7 Å². The lowest BCUT2D eigenvalue weighted by Crippen LogP contribution is -2.17. The first-order valence-electron chi connectivity index (χ1n) is 41.7. The number of aromatic nitrogens is 6. The van der Waals surface area contributed by atoms with E-state index in [9.17, 15) is 0 Å². The molecule has 6 heterocycles. The third-order valence-electron chi connectivity index (χ3n) is 22.1. The van der Waals surface area contributed by atoms with Gasteiger partial charge < -0.3 is 13.7 Å². The Kier molecular flexibility index (Phi) is 23.5. The number of para-hydroxylation sites is 9. The van der Waals surface area contributed by atoms with Gasteiger partial charge in [-0.1, -0.05) is 398 Å². The van der Waals surface area contributed by atoms with Crippen LogP contribution in [0.3, 0.4) is 0 Å². The molecule has 0 saturated carbocycles. The van der Waals surface area contributed by atoms with Crippen molar-refractivity contribution in [3.63, 3.8) is 0 Å². The summed E-state index contributed by atoms with van der Waals surface area (Å²) in [5.41, 5.74) is 24.4. The van der Waals surface area contributed by atoms with Gasteiger partial charge in [0.1, 0.15) is 5.82 Å². The van der Waals surface area contributed by atoms with E-state index in [1.807, 2.05) is 18.2 Å². The van der Waals surface area contributed by atoms with Crippen molar-refractivity contribution in [3.05, 3.63) is 398 Å². The van der Waals surface area contributed by atoms with Crippen LogP contribution in [0.25, 0.3) is 121 Å². The first-order chi connectivity index (χ1) is 56.4. The summed E-state index contributed by atoms with van der Waals surface area (Å²) < 4.78 is 9.60. The predicted octanol–water partition coefficient (Wildman–Crippen LogP) is 30.8. The van der Waals surface area contributed by atoms with Crippen LogP contribution < -0.4 is 0 Å². The molecule has 0 saturated heterocycles. The topological polar surface area (TPSA) is 45.5 Å². The number of hydrogen-bond donors (Lipinski definition) is 0. The average molecular weight is 1540 g/mol. The zero-order valence-corrected chi connectivity index (χ0v) is 72.3. The smallest absolute Gasteiger partial charge is 0.137 e. The highest BCUT2D eigenvalue weighted by Gasteiger charge is 2.30. The Bertz CT molecular complexity index is 6480. The molecule has 0 unspecified atom stereocenters. The Balaban J connectivity index is 0.000000123. The molecule has 0 aliphatic carbocycles. The van der Waals surface area contributed by atoms with E-state index in [1.165, 1.54) is 132 Å². The van der Waals surface area contributed by atoms with Gasteiger partial charge in [0.05, 0.1) is 55.5 Å². The van der Waals surface area contributed by atoms with E-state index in [4.69, 9.17) is 9.97 Å². The summed E-state index contributed by atoms with van der Waals surface area (Å²) in [5.74, 6) is 0.981. The van der Waals surface area contributed by atoms with Crippen LogP contribution in [0.2, 0.25) is 0 Å². The molecule has 0 bridgehead atoms. The number of pyridine rings is 2. The standard InChI is InChI=1S/C34H28N2.C22H21N.C21H20N2.C15H17N.2C10H14/c1-34(2,3)32-31(36-29-19-11-7-15-24(29)25-16-8-12-20-30(25)36)22-21-27-26-17-9-10-18-28(26)35(33(27)32)23-13-5-4-6-14-23;1-22(2,3)19-14-9-13-18-17-12-7-8-15-20(17)23(21(18)19)16-10-5-4-6-11-16;1-21(2,3)19-13-8-14-20(22-19)23-17-11-6-4-9-15(17)16-10-5-7-12-18(16)23;1-15(2,3)14-11-7-10-13(16-14)12-8-5-4-6-9-12;2*1-10(2,3)9-7-5-4-6-8-9/h4-22H,1-3H3;4-15H,1-3H3;4-14H,1-3H3;4-11H,1-3H3;2*4-8H,1-3H3. The minimum Gasteiger partial charge on any atom is -0.309 e. The summed E-state index contributed by atoms with van der Waals surface area (Å²) in [4.78, 5) is 9.66. The Labute approximate surface area is 699 Å². The number of nitrogens with zero attached hydrogens (tertiary/aromatic N) is 6. The maximum absolute atomic E-state index is 4.95. The second-order valence-corrected chi connectivity index (χ2v) is 37.1. The van der Waals surface area contributed by atoms with Crippen LogP contribution in [-0.2, 0) is 32.5 Å². The van der Waals surface area contributed by atoms with Gasteiger partial charge in [-0.3, -0.25) is 9.55 Å². The molecule has 0 N–H and O–H groups in total. The summed E-state index contributed by atoms with van der Waals surface area (Å²) in [6.07, 6.45) is 0. The number of fused-ring (bicyclic) bond motifs is 12. The van der Waals surface area contributed by atoms with Crippen molar-refractivity contribution in [2.45, 2.75) is 157 Å². The lowest BCUT2D eigenvalue weighted by molar-refractivity contribution is 0.568. The van der Waals surface area contributed by atoms with Gasteiger partial charge in [-0.05, 0) is 129 Å². The van der Waals surface area contributed by atoms with Crippen molar-refractivity contribution in [1.29, 1.82) is 0 Å². The molecular formula is C112H114N6. The molecule has 0 aliphatic heterocycles. The Hall–Kier alpha value is -12.6. The van der Waals surface area contributed by atoms with E-state index >= 15 is 0 Å². The van der Waals surface area contributed by atoms with Crippen molar-refractivity contribution in [2.24, 2.45) is 0 Å². The number of rotatable bonds is 5. The zero-order chi connectivity index (χ0) is 83.3. The van der Waals surface area contributed by atoms with Crippen LogP contribution >= 0.6 is 0 Å². The summed E-state index contributed by atoms with van der Waals surface area (Å²) in [5, 5.41) is 10.3. The maximum Gasteiger partial charge on any atom is 0.137 e. The van der Waals surface area contributed by atoms with Gasteiger partial charge in [0, 0.05) is 87.8 Å². The van der Waals surface area contributed by atoms with Gasteiger partial charge in [-0.2, -0.15) is 0 Å². The molecule has 6 heteroatoms. The number of hydrogen-bond acceptors (Lipinski definition) is 2. The fraction of sp³-hybridized carbons (Fsp3) is 0.214. The molecule has 13 aromatic carbocycles. The Morgan fingerprint density at radius 1 is 0.203 bits per heavy atom. The fourth-order valence-corrected chi connectivity index (χ4v) is 16.1. The highest BCUT2D eigenvalue weighted by Crippen LogP contribution is 2.45. The zero-order valence-electron chi connectivity index (χ0n) is 72.3. The minimum atomic E-state index is -0.0950. The molecule has 118 heavy (non-hydrogen) atoms. The lowest BCUT2D eigenvalue weighted by Gasteiger charge is -2.27. The summed E-state index contributed by atoms with van der Waals surface area (Å²) in [7, 11) is 0. The largest absolute Gasteiger partial charge is 0.309 e. The monoisotopic (exact) mass is 1540 g/mol. The quantitative estimate of drug-likeness (QED) is 0.172. The van der Waals surface area contributed by atoms with Crippen molar-refractivity contribution in [2.75, 3.05) is 0 Å². The highest BCUT2D eigenvalue weighted by atomic mass is 15.1. The van der Waals surface area contributed by atoms with Gasteiger partial charge in [0.15, 0.2) is 0 Å². The van der Waals surface area contributed by atoms with Crippen LogP contribution in [0, 0.1) is 0 Å². The second kappa shape index (κ2) is 33.9. The van der Waals surface area contributed by atoms with E-state index in [0.29, 0.717) is 10.8 Å². The molecular weight excluding hydrogens is 1430 g/mol. The van der Waals surface area contributed by atoms with E-state index < -0.39 is 0 Å². The molecule has 0 spiro atoms. The van der Waals surface area contributed by atoms with Crippen molar-refractivity contribution in [1.82, 2.24) is 28.2 Å². The molecule has 0 radical (unpaired) electrons. The van der Waals surface area contributed by atoms with Crippen LogP contribution in [0.5, 0.6) is 0 Å². The van der Waals surface area contributed by atoms with Gasteiger partial charge >= 0.3 is 0 Å². The molecule has 0 aliphatic rings. The average Bonchev–Trinajstić information content (AvgIpc) is 1.54. The van der Waals surface area contributed by atoms with Crippen molar-refractivity contribution in [3.8, 4) is 34.1 Å². The molecule has 592 valence electrons. The van der Waals surface area contributed by atoms with Crippen molar-refractivity contribution < 1.29 is 0 Å². The van der Waals surface area contributed by atoms with Gasteiger partial charge in [0.2, 0.25) is 0 Å². The molecule has 0 fully saturated rings. The lowest BCUT2D eigenvalue weighted by atomic mass is 9.84. The third-order valence-corrected chi connectivity index (χ3v) is 22.1. The Morgan fingerprint density at radius 2 is 0.517 bits per heavy atom. The van der Waals surface area contributed by atoms with Crippen LogP contribution in [0.4, 0.5) is 0 Å². The summed E-state index contributed by atoms with van der Waals surface area (Å²) in [6.45, 7) is 40.4. The van der Waals surface area contributed by atoms with E-state index in [0.717, 1.165) is 22.9 Å². The fourth-order valence-electron chi connectivity index (χ4n) is 16.1. The van der Waals surface area contributed by atoms with Crippen LogP contribution in [0.1, 0.15) is 158 Å². The Morgan fingerprint density at radius 3 is 0.898 bits per heavy atom. The van der Waals surface area contributed by atoms with E-state index in [2.05, 4.69) is 489 Å². The summed E-state index contributed by atoms with van der Waals surface area (Å²) >= 11 is 0. The molecule has 19 aromatic rings. The van der Waals surface area contributed by atoms with Crippen LogP contribution in [0.15, 0.2) is 364 Å². The maximum atomic E-state index is 4.95. The highest BCUT2D eigenvalue weighted by molar-refractivity contribution is 6.14. The van der Waals surface area contributed by atoms with Gasteiger partial charge in [0.25, 0.3) is 0 Å². The van der Waals surface area contributed by atoms with Crippen LogP contribution in [-0.4, -0.2) is 28.2 Å². The van der Waals surface area contributed by atoms with Gasteiger partial charge in [-0.25, -0.2) is 4.98 Å². The third kappa shape index (κ3) is 17.6. The first-order valence-corrected chi connectivity index (χ1v) is 41.7. The predicted molar refractivity (Wildman–Crippen MR) is 509 cm³/mol. The SMILES string of the molecule is CC(C)(C)c1c(-n2c3ccccc3c3ccccc32)ccc2c3ccccc3n(-c3ccccc3)c12.CC(C)(C)c1cccc(-c2ccccc2)n1.CC(C)(C)c1cccc(-n2c3ccccc3c3ccccc32)n1.CC(C)(C)c1cccc2c3ccccc3n(-c3ccccc3)c12.CC(C)(C)c1ccccc1.CC(C)(C)c1ccccc1. The first kappa shape index (κ1) is 81.9. The molecule has 0 atom stereocenters. The summed E-state index contributed by atoms with van der Waals surface area (Å²) in [6, 6.07) is 129. The van der Waals surface area contributed by atoms with Crippen molar-refractivity contribution >= 4 is 87.2 Å². The minimum absolute atomic E-state index is 0.0365. The van der Waals surface area contributed by atoms with E-state index in [1.54, 1.807) is 0 Å².